The highest BCUT2D eigenvalue weighted by molar-refractivity contribution is 6.23. The van der Waals surface area contributed by atoms with Crippen molar-refractivity contribution in [3.8, 4) is 0 Å². The van der Waals surface area contributed by atoms with Gasteiger partial charge in [-0.15, -0.1) is 0 Å². The second kappa shape index (κ2) is 7.46. The van der Waals surface area contributed by atoms with Gasteiger partial charge in [0.2, 0.25) is 0 Å². The van der Waals surface area contributed by atoms with Gasteiger partial charge in [0.05, 0.1) is 0 Å². The third kappa shape index (κ3) is 3.15. The van der Waals surface area contributed by atoms with Gasteiger partial charge in [0.15, 0.2) is 0 Å². The summed E-state index contributed by atoms with van der Waals surface area (Å²) in [5.74, 6) is 2.09. The van der Waals surface area contributed by atoms with Gasteiger partial charge < -0.3 is 10.2 Å². The third-order valence-corrected chi connectivity index (χ3v) is 9.32. The van der Waals surface area contributed by atoms with E-state index in [-0.39, 0.29) is 23.3 Å². The summed E-state index contributed by atoms with van der Waals surface area (Å²) in [5, 5.41) is 2.85. The Morgan fingerprint density at radius 2 is 2.00 bits per heavy atom. The van der Waals surface area contributed by atoms with Crippen LogP contribution >= 0.6 is 0 Å². The molecule has 5 rings (SSSR count). The molecule has 3 aliphatic carbocycles. The van der Waals surface area contributed by atoms with Crippen molar-refractivity contribution in [1.82, 2.24) is 9.88 Å². The molecule has 1 unspecified atom stereocenters. The van der Waals surface area contributed by atoms with Crippen molar-refractivity contribution < 1.29 is 9.59 Å². The summed E-state index contributed by atoms with van der Waals surface area (Å²) < 4.78 is 0. The van der Waals surface area contributed by atoms with Gasteiger partial charge in [-0.25, -0.2) is 4.98 Å². The number of anilines is 1. The van der Waals surface area contributed by atoms with E-state index in [1.807, 2.05) is 24.0 Å². The summed E-state index contributed by atoms with van der Waals surface area (Å²) in [4.78, 5) is 32.7. The van der Waals surface area contributed by atoms with Crippen LogP contribution in [0.1, 0.15) is 65.7 Å². The maximum atomic E-state index is 13.4. The van der Waals surface area contributed by atoms with Gasteiger partial charge >= 0.3 is 0 Å². The monoisotopic (exact) mass is 421 g/mol. The number of fused-ring (bicyclic) bond motifs is 5. The summed E-state index contributed by atoms with van der Waals surface area (Å²) >= 11 is 0. The molecular formula is C26H35N3O2. The topological polar surface area (TPSA) is 62.3 Å². The Labute approximate surface area is 185 Å². The van der Waals surface area contributed by atoms with Crippen molar-refractivity contribution in [2.24, 2.45) is 28.6 Å². The molecule has 2 heterocycles. The lowest BCUT2D eigenvalue weighted by Gasteiger charge is -2.60. The van der Waals surface area contributed by atoms with Gasteiger partial charge in [0.1, 0.15) is 11.4 Å². The number of nitrogens with zero attached hydrogens (tertiary/aromatic N) is 2. The van der Waals surface area contributed by atoms with Crippen LogP contribution in [0.2, 0.25) is 0 Å². The fourth-order valence-electron chi connectivity index (χ4n) is 7.87. The van der Waals surface area contributed by atoms with Crippen LogP contribution in [0.3, 0.4) is 0 Å². The highest BCUT2D eigenvalue weighted by atomic mass is 16.2. The van der Waals surface area contributed by atoms with E-state index in [0.29, 0.717) is 35.2 Å². The molecule has 3 saturated carbocycles. The molecule has 1 aromatic heterocycles. The molecule has 1 N–H and O–H groups in total. The molecule has 31 heavy (non-hydrogen) atoms. The van der Waals surface area contributed by atoms with E-state index in [1.54, 1.807) is 12.3 Å². The van der Waals surface area contributed by atoms with Crippen LogP contribution < -0.4 is 5.32 Å². The molecule has 3 fully saturated rings. The zero-order valence-electron chi connectivity index (χ0n) is 19.1. The van der Waals surface area contributed by atoms with Crippen LogP contribution in [0, 0.1) is 28.6 Å². The van der Waals surface area contributed by atoms with Crippen LogP contribution in [0.25, 0.3) is 0 Å². The average molecular weight is 422 g/mol. The van der Waals surface area contributed by atoms with E-state index in [0.717, 1.165) is 12.3 Å². The minimum Gasteiger partial charge on any atom is -0.335 e. The fourth-order valence-corrected chi connectivity index (χ4v) is 7.87. The van der Waals surface area contributed by atoms with Gasteiger partial charge in [-0.05, 0) is 80.8 Å². The quantitative estimate of drug-likeness (QED) is 0.713. The molecule has 0 bridgehead atoms. The molecule has 0 saturated heterocycles. The highest BCUT2D eigenvalue weighted by Crippen LogP contribution is 2.64. The summed E-state index contributed by atoms with van der Waals surface area (Å²) in [6.45, 7) is 7.53. The Balaban J connectivity index is 1.51. The number of carbonyl (C=O) groups is 2. The Hall–Kier alpha value is -2.17. The maximum Gasteiger partial charge on any atom is 0.262 e. The van der Waals surface area contributed by atoms with Crippen molar-refractivity contribution >= 4 is 17.6 Å². The summed E-state index contributed by atoms with van der Waals surface area (Å²) in [6, 6.07) is 5.60. The van der Waals surface area contributed by atoms with Gasteiger partial charge in [-0.2, -0.15) is 0 Å². The van der Waals surface area contributed by atoms with E-state index in [1.165, 1.54) is 38.5 Å². The number of hydrogen-bond acceptors (Lipinski definition) is 3. The molecule has 0 aromatic carbocycles. The molecular weight excluding hydrogens is 386 g/mol. The lowest BCUT2D eigenvalue weighted by Crippen LogP contribution is -2.61. The minimum absolute atomic E-state index is 0.127. The van der Waals surface area contributed by atoms with Crippen molar-refractivity contribution in [1.29, 1.82) is 0 Å². The van der Waals surface area contributed by atoms with E-state index < -0.39 is 0 Å². The number of aromatic nitrogens is 1. The first-order valence-corrected chi connectivity index (χ1v) is 12.1. The Morgan fingerprint density at radius 1 is 1.16 bits per heavy atom. The van der Waals surface area contributed by atoms with Gasteiger partial charge in [-0.3, -0.25) is 9.59 Å². The zero-order chi connectivity index (χ0) is 21.8. The molecule has 1 aromatic rings. The minimum atomic E-state index is -0.328. The average Bonchev–Trinajstić information content (AvgIpc) is 3.16. The molecule has 0 spiro atoms. The Bertz CT molecular complexity index is 912. The number of likely N-dealkylation sites (N-methyl/N-ethyl adjacent to an activating group) is 1. The standard InChI is InChI=1S/C26H35N3O2/c1-4-29-21-11-10-17-19-8-7-13-25(19,2)14-12-20(17)26(21,3)16-18(24(29)31)23(30)28-22-9-5-6-15-27-22/h5-6,9,15-17,19-21H,4,7-8,10-14H2,1-3H3,(H,27,28,30)/t17-,19-,20+,21?,25-,26+/m0/s1. The molecule has 6 atom stereocenters. The second-order valence-electron chi connectivity index (χ2n) is 10.7. The fraction of sp³-hybridized carbons (Fsp3) is 0.654. The largest absolute Gasteiger partial charge is 0.335 e. The molecule has 0 radical (unpaired) electrons. The smallest absolute Gasteiger partial charge is 0.262 e. The van der Waals surface area contributed by atoms with Crippen LogP contribution in [0.15, 0.2) is 36.0 Å². The van der Waals surface area contributed by atoms with Gasteiger partial charge in [0.25, 0.3) is 11.8 Å². The molecule has 166 valence electrons. The van der Waals surface area contributed by atoms with E-state index in [2.05, 4.69) is 30.2 Å². The maximum absolute atomic E-state index is 13.4. The first-order chi connectivity index (χ1) is 14.9. The van der Waals surface area contributed by atoms with Crippen molar-refractivity contribution in [3.05, 3.63) is 36.0 Å². The first kappa shape index (κ1) is 20.7. The van der Waals surface area contributed by atoms with Crippen molar-refractivity contribution in [3.63, 3.8) is 0 Å². The number of hydrogen-bond donors (Lipinski definition) is 1. The summed E-state index contributed by atoms with van der Waals surface area (Å²) in [5.41, 5.74) is 0.655. The van der Waals surface area contributed by atoms with Crippen LogP contribution in [0.4, 0.5) is 5.82 Å². The van der Waals surface area contributed by atoms with Crippen LogP contribution in [0.5, 0.6) is 0 Å². The van der Waals surface area contributed by atoms with E-state index in [4.69, 9.17) is 0 Å². The molecule has 5 heteroatoms. The van der Waals surface area contributed by atoms with E-state index in [9.17, 15) is 9.59 Å². The predicted molar refractivity (Wildman–Crippen MR) is 121 cm³/mol. The summed E-state index contributed by atoms with van der Waals surface area (Å²) in [6.07, 6.45) is 12.6. The Kier molecular flexibility index (Phi) is 4.98. The third-order valence-electron chi connectivity index (χ3n) is 9.32. The predicted octanol–water partition coefficient (Wildman–Crippen LogP) is 4.81. The second-order valence-corrected chi connectivity index (χ2v) is 10.7. The number of carbonyl (C=O) groups excluding carboxylic acids is 2. The van der Waals surface area contributed by atoms with E-state index >= 15 is 0 Å². The zero-order valence-corrected chi connectivity index (χ0v) is 19.1. The SMILES string of the molecule is CCN1C(=O)C(C(=O)Nc2ccccn2)=C[C@@]2(C)C1CC[C@@H]1[C@H]2CC[C@]2(C)CCC[C@@H]12. The summed E-state index contributed by atoms with van der Waals surface area (Å²) in [7, 11) is 0. The Morgan fingerprint density at radius 3 is 2.74 bits per heavy atom. The van der Waals surface area contributed by atoms with Crippen LogP contribution in [-0.2, 0) is 9.59 Å². The van der Waals surface area contributed by atoms with Gasteiger partial charge in [0, 0.05) is 24.2 Å². The lowest BCUT2D eigenvalue weighted by molar-refractivity contribution is -0.143. The molecule has 4 aliphatic rings. The number of nitrogens with one attached hydrogen (secondary N) is 1. The number of rotatable bonds is 3. The molecule has 5 nitrogen and oxygen atoms in total. The first-order valence-electron chi connectivity index (χ1n) is 12.1. The normalized spacial score (nSPS) is 39.3. The number of pyridine rings is 1. The van der Waals surface area contributed by atoms with Crippen molar-refractivity contribution in [2.45, 2.75) is 71.8 Å². The van der Waals surface area contributed by atoms with Crippen LogP contribution in [-0.4, -0.2) is 34.3 Å². The highest BCUT2D eigenvalue weighted by Gasteiger charge is 2.59. The molecule has 1 aliphatic heterocycles. The number of amides is 2. The van der Waals surface area contributed by atoms with Crippen molar-refractivity contribution in [2.75, 3.05) is 11.9 Å². The molecule has 2 amide bonds. The van der Waals surface area contributed by atoms with Gasteiger partial charge in [-0.1, -0.05) is 32.4 Å². The lowest BCUT2D eigenvalue weighted by atomic mass is 9.48.